The normalized spacial score (nSPS) is 29.8. The second kappa shape index (κ2) is 6.77. The Morgan fingerprint density at radius 1 is 1.29 bits per heavy atom. The zero-order valence-electron chi connectivity index (χ0n) is 10.8. The smallest absolute Gasteiger partial charge is 0.303 e. The summed E-state index contributed by atoms with van der Waals surface area (Å²) in [5.74, 6) is -0.325. The second-order valence-electron chi connectivity index (χ2n) is 4.72. The van der Waals surface area contributed by atoms with E-state index in [2.05, 4.69) is 0 Å². The van der Waals surface area contributed by atoms with Crippen molar-refractivity contribution < 1.29 is 19.4 Å². The lowest BCUT2D eigenvalue weighted by molar-refractivity contribution is -0.145. The second-order valence-corrected chi connectivity index (χ2v) is 4.72. The fourth-order valence-corrected chi connectivity index (χ4v) is 1.93. The summed E-state index contributed by atoms with van der Waals surface area (Å²) in [6.45, 7) is 5.33. The summed E-state index contributed by atoms with van der Waals surface area (Å²) in [7, 11) is 0. The number of hydrogen-bond acceptors (Lipinski definition) is 4. The predicted molar refractivity (Wildman–Crippen MR) is 64.6 cm³/mol. The van der Waals surface area contributed by atoms with Crippen LogP contribution in [0, 0.1) is 0 Å². The minimum Gasteiger partial charge on any atom is -0.458 e. The van der Waals surface area contributed by atoms with E-state index in [0.29, 0.717) is 12.8 Å². The molecule has 1 aliphatic carbocycles. The molecule has 0 saturated carbocycles. The monoisotopic (exact) mass is 242 g/mol. The van der Waals surface area contributed by atoms with Crippen LogP contribution in [0.3, 0.4) is 0 Å². The van der Waals surface area contributed by atoms with Crippen LogP contribution in [0.5, 0.6) is 0 Å². The molecule has 0 aromatic heterocycles. The summed E-state index contributed by atoms with van der Waals surface area (Å²) >= 11 is 0. The minimum absolute atomic E-state index is 0.0111. The van der Waals surface area contributed by atoms with Crippen LogP contribution in [0.1, 0.15) is 40.0 Å². The molecule has 3 atom stereocenters. The maximum Gasteiger partial charge on any atom is 0.303 e. The van der Waals surface area contributed by atoms with E-state index in [1.165, 1.54) is 6.92 Å². The molecule has 0 heterocycles. The van der Waals surface area contributed by atoms with Crippen LogP contribution in [0.25, 0.3) is 0 Å². The van der Waals surface area contributed by atoms with Gasteiger partial charge >= 0.3 is 5.97 Å². The van der Waals surface area contributed by atoms with Gasteiger partial charge in [-0.05, 0) is 32.8 Å². The van der Waals surface area contributed by atoms with E-state index >= 15 is 0 Å². The van der Waals surface area contributed by atoms with E-state index in [1.807, 2.05) is 26.0 Å². The fourth-order valence-electron chi connectivity index (χ4n) is 1.93. The molecule has 1 rings (SSSR count). The van der Waals surface area contributed by atoms with Crippen molar-refractivity contribution >= 4 is 5.97 Å². The lowest BCUT2D eigenvalue weighted by Crippen LogP contribution is -2.26. The number of hydrogen-bond donors (Lipinski definition) is 1. The van der Waals surface area contributed by atoms with E-state index in [4.69, 9.17) is 9.47 Å². The number of aliphatic hydroxyl groups excluding tert-OH is 1. The average Bonchev–Trinajstić information content (AvgIpc) is 2.18. The molecule has 17 heavy (non-hydrogen) atoms. The zero-order valence-corrected chi connectivity index (χ0v) is 10.8. The van der Waals surface area contributed by atoms with E-state index in [1.54, 1.807) is 0 Å². The molecular weight excluding hydrogens is 220 g/mol. The van der Waals surface area contributed by atoms with Gasteiger partial charge in [-0.15, -0.1) is 0 Å². The summed E-state index contributed by atoms with van der Waals surface area (Å²) in [6, 6.07) is 0. The van der Waals surface area contributed by atoms with Gasteiger partial charge in [-0.3, -0.25) is 4.79 Å². The molecule has 0 aliphatic heterocycles. The number of rotatable bonds is 3. The first-order chi connectivity index (χ1) is 7.97. The first-order valence-corrected chi connectivity index (χ1v) is 6.16. The van der Waals surface area contributed by atoms with Gasteiger partial charge in [0.2, 0.25) is 0 Å². The van der Waals surface area contributed by atoms with Crippen molar-refractivity contribution in [3.8, 4) is 0 Å². The van der Waals surface area contributed by atoms with E-state index in [-0.39, 0.29) is 24.3 Å². The Bertz CT molecular complexity index is 273. The Balaban J connectivity index is 2.62. The molecule has 0 radical (unpaired) electrons. The van der Waals surface area contributed by atoms with Gasteiger partial charge in [-0.1, -0.05) is 6.08 Å². The van der Waals surface area contributed by atoms with Gasteiger partial charge in [0.15, 0.2) is 0 Å². The molecule has 1 aliphatic rings. The van der Waals surface area contributed by atoms with Crippen molar-refractivity contribution in [3.05, 3.63) is 12.2 Å². The molecule has 4 nitrogen and oxygen atoms in total. The summed E-state index contributed by atoms with van der Waals surface area (Å²) < 4.78 is 10.8. The molecular formula is C13H22O4. The summed E-state index contributed by atoms with van der Waals surface area (Å²) in [6.07, 6.45) is 5.02. The Morgan fingerprint density at radius 3 is 2.53 bits per heavy atom. The van der Waals surface area contributed by atoms with Gasteiger partial charge < -0.3 is 14.6 Å². The number of carbonyl (C=O) groups is 1. The molecule has 3 unspecified atom stereocenters. The highest BCUT2D eigenvalue weighted by Crippen LogP contribution is 2.18. The highest BCUT2D eigenvalue weighted by Gasteiger charge is 2.20. The average molecular weight is 242 g/mol. The molecule has 1 N–H and O–H groups in total. The number of carbonyl (C=O) groups excluding carboxylic acids is 1. The van der Waals surface area contributed by atoms with Crippen molar-refractivity contribution in [1.82, 2.24) is 0 Å². The zero-order chi connectivity index (χ0) is 12.8. The minimum atomic E-state index is -0.442. The van der Waals surface area contributed by atoms with Crippen molar-refractivity contribution in [3.63, 3.8) is 0 Å². The maximum atomic E-state index is 10.9. The molecule has 0 bridgehead atoms. The molecule has 0 amide bonds. The molecule has 0 spiro atoms. The topological polar surface area (TPSA) is 55.8 Å². The summed E-state index contributed by atoms with van der Waals surface area (Å²) in [5.41, 5.74) is 0. The lowest BCUT2D eigenvalue weighted by Gasteiger charge is -2.24. The molecule has 0 fully saturated rings. The third-order valence-corrected chi connectivity index (χ3v) is 2.59. The molecule has 0 aromatic carbocycles. The van der Waals surface area contributed by atoms with Gasteiger partial charge in [-0.25, -0.2) is 0 Å². The Hall–Kier alpha value is -0.870. The van der Waals surface area contributed by atoms with Crippen LogP contribution in [0.15, 0.2) is 12.2 Å². The van der Waals surface area contributed by atoms with Crippen molar-refractivity contribution in [2.24, 2.45) is 0 Å². The third kappa shape index (κ3) is 5.84. The van der Waals surface area contributed by atoms with Gasteiger partial charge in [-0.2, -0.15) is 0 Å². The number of ether oxygens (including phenoxy) is 2. The van der Waals surface area contributed by atoms with Crippen LogP contribution in [-0.4, -0.2) is 35.5 Å². The first-order valence-electron chi connectivity index (χ1n) is 6.16. The van der Waals surface area contributed by atoms with E-state index in [0.717, 1.165) is 6.42 Å². The van der Waals surface area contributed by atoms with E-state index in [9.17, 15) is 9.90 Å². The first kappa shape index (κ1) is 14.2. The predicted octanol–water partition coefficient (Wildman–Crippen LogP) is 1.81. The van der Waals surface area contributed by atoms with Crippen molar-refractivity contribution in [2.45, 2.75) is 64.4 Å². The highest BCUT2D eigenvalue weighted by molar-refractivity contribution is 5.66. The highest BCUT2D eigenvalue weighted by atomic mass is 16.5. The Labute approximate surface area is 103 Å². The quantitative estimate of drug-likeness (QED) is 0.606. The van der Waals surface area contributed by atoms with Crippen LogP contribution in [0.2, 0.25) is 0 Å². The molecule has 0 aromatic rings. The van der Waals surface area contributed by atoms with Crippen LogP contribution in [-0.2, 0) is 14.3 Å². The number of esters is 1. The van der Waals surface area contributed by atoms with Crippen molar-refractivity contribution in [1.29, 1.82) is 0 Å². The third-order valence-electron chi connectivity index (χ3n) is 2.59. The molecule has 4 heteroatoms. The summed E-state index contributed by atoms with van der Waals surface area (Å²) in [4.78, 5) is 10.9. The standard InChI is InChI=1S/C13H22O4/c1-9(2)16-12-5-4-11(15)8-13(7-6-12)17-10(3)14/h6-7,9,11-13,15H,4-5,8H2,1-3H3. The molecule has 98 valence electrons. The Kier molecular flexibility index (Phi) is 5.65. The van der Waals surface area contributed by atoms with Crippen LogP contribution in [0.4, 0.5) is 0 Å². The van der Waals surface area contributed by atoms with Crippen molar-refractivity contribution in [2.75, 3.05) is 0 Å². The van der Waals surface area contributed by atoms with Gasteiger partial charge in [0.25, 0.3) is 0 Å². The van der Waals surface area contributed by atoms with Crippen LogP contribution < -0.4 is 0 Å². The van der Waals surface area contributed by atoms with Crippen LogP contribution >= 0.6 is 0 Å². The van der Waals surface area contributed by atoms with Gasteiger partial charge in [0.1, 0.15) is 6.10 Å². The number of aliphatic hydroxyl groups is 1. The van der Waals surface area contributed by atoms with Gasteiger partial charge in [0, 0.05) is 13.3 Å². The Morgan fingerprint density at radius 2 is 1.94 bits per heavy atom. The summed E-state index contributed by atoms with van der Waals surface area (Å²) in [5, 5.41) is 9.77. The lowest BCUT2D eigenvalue weighted by atomic mass is 9.99. The maximum absolute atomic E-state index is 10.9. The van der Waals surface area contributed by atoms with Gasteiger partial charge in [0.05, 0.1) is 18.3 Å². The SMILES string of the molecule is CC(=O)OC1C=CC(OC(C)C)CCC(O)C1. The van der Waals surface area contributed by atoms with E-state index < -0.39 is 6.10 Å². The molecule has 0 saturated heterocycles. The largest absolute Gasteiger partial charge is 0.458 e. The fraction of sp³-hybridized carbons (Fsp3) is 0.769.